The van der Waals surface area contributed by atoms with Crippen LogP contribution in [0, 0.1) is 11.7 Å². The SMILES string of the molecule is O=C(Nc1ccc(Oc2ccc(F)cc2)nc1)c1ccc(C(=O)N2CCC(C(=O)c3ccc(N4CCCC4)cc3)CC2)cn1. The van der Waals surface area contributed by atoms with Gasteiger partial charge in [0.1, 0.15) is 17.3 Å². The Balaban J connectivity index is 0.985. The number of ketones is 1. The van der Waals surface area contributed by atoms with Crippen molar-refractivity contribution in [1.82, 2.24) is 14.9 Å². The number of halogens is 1. The van der Waals surface area contributed by atoms with Crippen molar-refractivity contribution < 1.29 is 23.5 Å². The van der Waals surface area contributed by atoms with E-state index >= 15 is 0 Å². The summed E-state index contributed by atoms with van der Waals surface area (Å²) in [5.41, 5.74) is 2.85. The average Bonchev–Trinajstić information content (AvgIpc) is 3.62. The summed E-state index contributed by atoms with van der Waals surface area (Å²) in [6.45, 7) is 3.10. The first-order valence-electron chi connectivity index (χ1n) is 14.8. The van der Waals surface area contributed by atoms with Crippen LogP contribution in [0.5, 0.6) is 11.6 Å². The smallest absolute Gasteiger partial charge is 0.274 e. The van der Waals surface area contributed by atoms with Crippen LogP contribution in [0.4, 0.5) is 15.8 Å². The third-order valence-corrected chi connectivity index (χ3v) is 8.05. The van der Waals surface area contributed by atoms with Crippen LogP contribution in [-0.2, 0) is 0 Å². The molecule has 4 heterocycles. The van der Waals surface area contributed by atoms with Gasteiger partial charge in [0.15, 0.2) is 5.78 Å². The van der Waals surface area contributed by atoms with Crippen molar-refractivity contribution >= 4 is 29.0 Å². The number of nitrogens with one attached hydrogen (secondary N) is 1. The molecule has 0 radical (unpaired) electrons. The molecule has 2 aromatic heterocycles. The number of carbonyl (C=O) groups excluding carboxylic acids is 3. The standard InChI is InChI=1S/C34H32FN5O4/c35-26-6-11-29(12-7-26)44-31-14-8-27(22-37-31)38-33(42)30-13-5-25(21-36-30)34(43)40-19-15-24(16-20-40)32(41)23-3-9-28(10-4-23)39-17-1-2-18-39/h3-14,21-22,24H,1-2,15-20H2,(H,38,42). The lowest BCUT2D eigenvalue weighted by molar-refractivity contribution is 0.0650. The van der Waals surface area contributed by atoms with E-state index in [1.165, 1.54) is 55.6 Å². The molecule has 2 aliphatic heterocycles. The van der Waals surface area contributed by atoms with Crippen LogP contribution in [0.25, 0.3) is 0 Å². The van der Waals surface area contributed by atoms with Crippen LogP contribution in [0.1, 0.15) is 56.9 Å². The van der Waals surface area contributed by atoms with E-state index in [4.69, 9.17) is 4.74 Å². The van der Waals surface area contributed by atoms with Gasteiger partial charge in [-0.15, -0.1) is 0 Å². The number of amides is 2. The summed E-state index contributed by atoms with van der Waals surface area (Å²) in [5.74, 6) is -0.248. The van der Waals surface area contributed by atoms with E-state index in [0.29, 0.717) is 42.9 Å². The lowest BCUT2D eigenvalue weighted by atomic mass is 9.88. The van der Waals surface area contributed by atoms with Gasteiger partial charge in [0.2, 0.25) is 5.88 Å². The molecule has 2 aromatic carbocycles. The minimum atomic E-state index is -0.453. The number of ether oxygens (including phenoxy) is 1. The molecule has 0 saturated carbocycles. The van der Waals surface area contributed by atoms with Gasteiger partial charge in [0.25, 0.3) is 11.8 Å². The molecule has 0 aliphatic carbocycles. The molecule has 0 atom stereocenters. The van der Waals surface area contributed by atoms with Crippen LogP contribution in [0.2, 0.25) is 0 Å². The lowest BCUT2D eigenvalue weighted by Gasteiger charge is -2.31. The molecule has 2 saturated heterocycles. The summed E-state index contributed by atoms with van der Waals surface area (Å²) in [4.78, 5) is 51.4. The molecular weight excluding hydrogens is 561 g/mol. The summed E-state index contributed by atoms with van der Waals surface area (Å²) in [7, 11) is 0. The number of carbonyl (C=O) groups is 3. The summed E-state index contributed by atoms with van der Waals surface area (Å²) in [6, 6.07) is 19.8. The van der Waals surface area contributed by atoms with Crippen molar-refractivity contribution in [3.63, 3.8) is 0 Å². The summed E-state index contributed by atoms with van der Waals surface area (Å²) in [6.07, 6.45) is 6.46. The first-order valence-corrected chi connectivity index (χ1v) is 14.8. The van der Waals surface area contributed by atoms with Gasteiger partial charge in [-0.3, -0.25) is 19.4 Å². The number of benzene rings is 2. The Kier molecular flexibility index (Phi) is 8.58. The Morgan fingerprint density at radius 3 is 2.11 bits per heavy atom. The number of likely N-dealkylation sites (tertiary alicyclic amines) is 1. The highest BCUT2D eigenvalue weighted by molar-refractivity contribution is 6.03. The average molecular weight is 594 g/mol. The van der Waals surface area contributed by atoms with Crippen LogP contribution in [0.15, 0.2) is 85.2 Å². The normalized spacial score (nSPS) is 15.2. The Labute approximate surface area is 254 Å². The molecule has 4 aromatic rings. The second kappa shape index (κ2) is 13.0. The fraction of sp³-hybridized carbons (Fsp3) is 0.265. The maximum absolute atomic E-state index is 13.1. The summed E-state index contributed by atoms with van der Waals surface area (Å²) < 4.78 is 18.6. The number of rotatable bonds is 8. The molecule has 2 aliphatic rings. The van der Waals surface area contributed by atoms with Gasteiger partial charge in [0.05, 0.1) is 17.4 Å². The molecule has 0 bridgehead atoms. The molecule has 9 nitrogen and oxygen atoms in total. The van der Waals surface area contributed by atoms with Gasteiger partial charge in [0, 0.05) is 55.6 Å². The van der Waals surface area contributed by atoms with Gasteiger partial charge in [-0.05, 0) is 92.4 Å². The Bertz CT molecular complexity index is 1610. The second-order valence-electron chi connectivity index (χ2n) is 11.0. The summed E-state index contributed by atoms with van der Waals surface area (Å²) in [5, 5.41) is 2.72. The molecule has 2 amide bonds. The molecule has 6 rings (SSSR count). The van der Waals surface area contributed by atoms with Crippen molar-refractivity contribution in [2.45, 2.75) is 25.7 Å². The zero-order valence-corrected chi connectivity index (χ0v) is 24.1. The molecule has 0 unspecified atom stereocenters. The number of hydrogen-bond acceptors (Lipinski definition) is 7. The first-order chi connectivity index (χ1) is 21.4. The van der Waals surface area contributed by atoms with Crippen LogP contribution < -0.4 is 15.0 Å². The number of aromatic nitrogens is 2. The number of anilines is 2. The Morgan fingerprint density at radius 2 is 1.48 bits per heavy atom. The van der Waals surface area contributed by atoms with E-state index in [0.717, 1.165) is 24.3 Å². The topological polar surface area (TPSA) is 105 Å². The van der Waals surface area contributed by atoms with Crippen molar-refractivity contribution in [1.29, 1.82) is 0 Å². The quantitative estimate of drug-likeness (QED) is 0.250. The fourth-order valence-electron chi connectivity index (χ4n) is 5.56. The first kappa shape index (κ1) is 29.0. The lowest BCUT2D eigenvalue weighted by Crippen LogP contribution is -2.40. The maximum Gasteiger partial charge on any atom is 0.274 e. The molecule has 0 spiro atoms. The second-order valence-corrected chi connectivity index (χ2v) is 11.0. The number of pyridine rings is 2. The Morgan fingerprint density at radius 1 is 0.773 bits per heavy atom. The van der Waals surface area contributed by atoms with Crippen molar-refractivity contribution in [2.75, 3.05) is 36.4 Å². The predicted octanol–water partition coefficient (Wildman–Crippen LogP) is 6.00. The zero-order valence-electron chi connectivity index (χ0n) is 24.1. The van der Waals surface area contributed by atoms with Crippen LogP contribution >= 0.6 is 0 Å². The molecule has 2 fully saturated rings. The van der Waals surface area contributed by atoms with E-state index in [2.05, 4.69) is 20.2 Å². The van der Waals surface area contributed by atoms with Crippen molar-refractivity contribution in [3.8, 4) is 11.6 Å². The molecular formula is C34H32FN5O4. The van der Waals surface area contributed by atoms with Crippen LogP contribution in [0.3, 0.4) is 0 Å². The van der Waals surface area contributed by atoms with E-state index in [1.54, 1.807) is 23.1 Å². The Hall–Kier alpha value is -5.12. The van der Waals surface area contributed by atoms with Crippen LogP contribution in [-0.4, -0.2) is 58.6 Å². The number of nitrogens with zero attached hydrogens (tertiary/aromatic N) is 4. The van der Waals surface area contributed by atoms with Gasteiger partial charge in [-0.1, -0.05) is 0 Å². The monoisotopic (exact) mass is 593 g/mol. The highest BCUT2D eigenvalue weighted by Crippen LogP contribution is 2.26. The van der Waals surface area contributed by atoms with E-state index in [9.17, 15) is 18.8 Å². The largest absolute Gasteiger partial charge is 0.439 e. The third kappa shape index (κ3) is 6.75. The van der Waals surface area contributed by atoms with Crippen molar-refractivity contribution in [3.05, 3.63) is 108 Å². The molecule has 10 heteroatoms. The molecule has 224 valence electrons. The van der Waals surface area contributed by atoms with Crippen molar-refractivity contribution in [2.24, 2.45) is 5.92 Å². The maximum atomic E-state index is 13.1. The number of piperidine rings is 1. The number of Topliss-reactive ketones (excluding diaryl/α,β-unsaturated/α-hetero) is 1. The minimum Gasteiger partial charge on any atom is -0.439 e. The van der Waals surface area contributed by atoms with E-state index < -0.39 is 5.91 Å². The highest BCUT2D eigenvalue weighted by atomic mass is 19.1. The van der Waals surface area contributed by atoms with Gasteiger partial charge in [-0.25, -0.2) is 9.37 Å². The van der Waals surface area contributed by atoms with E-state index in [1.807, 2.05) is 24.3 Å². The van der Waals surface area contributed by atoms with E-state index in [-0.39, 0.29) is 35.0 Å². The highest BCUT2D eigenvalue weighted by Gasteiger charge is 2.29. The third-order valence-electron chi connectivity index (χ3n) is 8.05. The van der Waals surface area contributed by atoms with Gasteiger partial charge in [-0.2, -0.15) is 0 Å². The minimum absolute atomic E-state index is 0.112. The molecule has 1 N–H and O–H groups in total. The van der Waals surface area contributed by atoms with Gasteiger partial charge < -0.3 is 19.9 Å². The molecule has 44 heavy (non-hydrogen) atoms. The number of hydrogen-bond donors (Lipinski definition) is 1. The van der Waals surface area contributed by atoms with Gasteiger partial charge >= 0.3 is 0 Å². The predicted molar refractivity (Wildman–Crippen MR) is 164 cm³/mol. The zero-order chi connectivity index (χ0) is 30.5. The summed E-state index contributed by atoms with van der Waals surface area (Å²) >= 11 is 0. The fourth-order valence-corrected chi connectivity index (χ4v) is 5.56.